The molecule has 6 rings (SSSR count). The van der Waals surface area contributed by atoms with Crippen LogP contribution in [0.25, 0.3) is 0 Å². The Balaban J connectivity index is 1.10. The molecule has 238 valence electrons. The summed E-state index contributed by atoms with van der Waals surface area (Å²) in [5.41, 5.74) is 0.231. The smallest absolute Gasteiger partial charge is 0.349 e. The minimum absolute atomic E-state index is 0.153. The maximum absolute atomic E-state index is 13.0. The van der Waals surface area contributed by atoms with E-state index in [0.717, 1.165) is 17.7 Å². The highest BCUT2D eigenvalue weighted by Gasteiger charge is 2.72. The number of hydrogen-bond donors (Lipinski definition) is 2. The number of rotatable bonds is 10. The molecule has 2 aliphatic carbocycles. The van der Waals surface area contributed by atoms with E-state index in [1.54, 1.807) is 31.4 Å². The largest absolute Gasteiger partial charge is 0.493 e. The van der Waals surface area contributed by atoms with Crippen LogP contribution < -0.4 is 9.47 Å². The summed E-state index contributed by atoms with van der Waals surface area (Å²) in [5.74, 6) is -2.64. The fraction of sp³-hybridized carbons (Fsp3) is 0.455. The Hall–Kier alpha value is -4.42. The van der Waals surface area contributed by atoms with E-state index in [9.17, 15) is 29.4 Å². The number of hydrogen-bond acceptors (Lipinski definition) is 11. The van der Waals surface area contributed by atoms with Gasteiger partial charge in [0, 0.05) is 23.6 Å². The maximum Gasteiger partial charge on any atom is 0.349 e. The van der Waals surface area contributed by atoms with Crippen molar-refractivity contribution in [3.8, 4) is 11.5 Å². The fourth-order valence-corrected chi connectivity index (χ4v) is 7.38. The Morgan fingerprint density at radius 2 is 1.80 bits per heavy atom. The maximum atomic E-state index is 13.0. The second-order valence-corrected chi connectivity index (χ2v) is 12.0. The highest BCUT2D eigenvalue weighted by atomic mass is 16.6. The third kappa shape index (κ3) is 4.92. The first-order valence-corrected chi connectivity index (χ1v) is 14.9. The van der Waals surface area contributed by atoms with Crippen LogP contribution in [0.4, 0.5) is 0 Å². The number of methoxy groups -OCH3 is 1. The Morgan fingerprint density at radius 1 is 1.07 bits per heavy atom. The van der Waals surface area contributed by atoms with Crippen LogP contribution in [0.15, 0.2) is 54.3 Å². The summed E-state index contributed by atoms with van der Waals surface area (Å²) in [5, 5.41) is 21.8. The van der Waals surface area contributed by atoms with Crippen LogP contribution in [-0.2, 0) is 45.2 Å². The van der Waals surface area contributed by atoms with Gasteiger partial charge in [0.2, 0.25) is 6.10 Å². The normalized spacial score (nSPS) is 27.2. The van der Waals surface area contributed by atoms with Crippen molar-refractivity contribution in [1.29, 1.82) is 0 Å². The minimum Gasteiger partial charge on any atom is -0.493 e. The zero-order valence-electron chi connectivity index (χ0n) is 25.2. The Bertz CT molecular complexity index is 1570. The van der Waals surface area contributed by atoms with Gasteiger partial charge in [0.1, 0.15) is 5.76 Å². The monoisotopic (exact) mass is 621 g/mol. The molecule has 2 aromatic carbocycles. The van der Waals surface area contributed by atoms with Gasteiger partial charge in [0.25, 0.3) is 0 Å². The average molecular weight is 622 g/mol. The van der Waals surface area contributed by atoms with Crippen LogP contribution in [0.1, 0.15) is 55.4 Å². The summed E-state index contributed by atoms with van der Waals surface area (Å²) < 4.78 is 28.0. The van der Waals surface area contributed by atoms with Gasteiger partial charge in [-0.2, -0.15) is 0 Å². The molecule has 0 amide bonds. The third-order valence-electron chi connectivity index (χ3n) is 9.52. The average Bonchev–Trinajstić information content (AvgIpc) is 3.38. The number of nitrogens with zero attached hydrogens (tertiary/aromatic N) is 1. The number of benzene rings is 2. The van der Waals surface area contributed by atoms with E-state index in [1.165, 1.54) is 19.1 Å². The summed E-state index contributed by atoms with van der Waals surface area (Å²) in [6, 6.07) is 11.6. The van der Waals surface area contributed by atoms with Crippen LogP contribution in [0, 0.1) is 0 Å². The van der Waals surface area contributed by atoms with E-state index in [4.69, 9.17) is 23.7 Å². The Kier molecular flexibility index (Phi) is 7.82. The number of ether oxygens (including phenoxy) is 5. The summed E-state index contributed by atoms with van der Waals surface area (Å²) in [4.78, 5) is 51.8. The van der Waals surface area contributed by atoms with Crippen molar-refractivity contribution in [2.45, 2.75) is 74.4 Å². The fourth-order valence-electron chi connectivity index (χ4n) is 7.38. The van der Waals surface area contributed by atoms with Gasteiger partial charge in [0.05, 0.1) is 31.0 Å². The number of carbonyl (C=O) groups is 4. The van der Waals surface area contributed by atoms with E-state index >= 15 is 0 Å². The van der Waals surface area contributed by atoms with Gasteiger partial charge in [-0.25, -0.2) is 9.59 Å². The zero-order valence-corrected chi connectivity index (χ0v) is 25.2. The van der Waals surface area contributed by atoms with E-state index in [0.29, 0.717) is 24.3 Å². The zero-order chi connectivity index (χ0) is 32.1. The summed E-state index contributed by atoms with van der Waals surface area (Å²) in [7, 11) is 3.56. The molecule has 2 bridgehead atoms. The lowest BCUT2D eigenvalue weighted by atomic mass is 9.50. The summed E-state index contributed by atoms with van der Waals surface area (Å²) >= 11 is 0. The first-order valence-electron chi connectivity index (χ1n) is 14.9. The number of carboxylic acids is 1. The molecule has 2 aliphatic heterocycles. The topological polar surface area (TPSA) is 158 Å². The van der Waals surface area contributed by atoms with Gasteiger partial charge in [-0.05, 0) is 51.1 Å². The molecule has 1 saturated heterocycles. The molecular formula is C33H35NO11. The highest BCUT2D eigenvalue weighted by Crippen LogP contribution is 2.65. The van der Waals surface area contributed by atoms with Gasteiger partial charge >= 0.3 is 23.9 Å². The molecule has 12 heteroatoms. The van der Waals surface area contributed by atoms with Crippen molar-refractivity contribution < 1.29 is 53.1 Å². The van der Waals surface area contributed by atoms with Crippen molar-refractivity contribution >= 4 is 23.9 Å². The number of aliphatic hydroxyl groups is 1. The molecule has 2 heterocycles. The summed E-state index contributed by atoms with van der Waals surface area (Å²) in [6.07, 6.45) is -1.31. The number of piperidine rings is 1. The SMILES string of the molecule is COc1ccc2c3c1O[C@H]1C(OC(=O)CCC(=O)O[C@@H](C)C(=O)O[C@H](C(=O)O)c4ccccc4)=CC[C@@]4(O)[C@@H](C2)N(C)CC[C@]314. The molecule has 4 aliphatic rings. The van der Waals surface area contributed by atoms with Crippen molar-refractivity contribution in [1.82, 2.24) is 4.90 Å². The molecule has 6 atom stereocenters. The molecule has 0 radical (unpaired) electrons. The molecule has 0 unspecified atom stereocenters. The quantitative estimate of drug-likeness (QED) is 0.296. The molecule has 1 spiro atoms. The van der Waals surface area contributed by atoms with Gasteiger partial charge in [-0.3, -0.25) is 9.59 Å². The summed E-state index contributed by atoms with van der Waals surface area (Å²) in [6.45, 7) is 1.97. The predicted octanol–water partition coefficient (Wildman–Crippen LogP) is 2.60. The number of aliphatic carboxylic acids is 1. The van der Waals surface area contributed by atoms with Crippen LogP contribution in [0.5, 0.6) is 11.5 Å². The molecule has 1 fully saturated rings. The lowest BCUT2D eigenvalue weighted by Crippen LogP contribution is -2.74. The second kappa shape index (κ2) is 11.5. The number of likely N-dealkylation sites (N-methyl/N-ethyl adjacent to an activating group) is 1. The standard InChI is InChI=1S/C33H35NO11/c1-18(31(39)45-27(30(37)38)19-7-5-4-6-8-19)42-24(35)11-12-25(36)43-22-13-14-33(40)23-17-20-9-10-21(41-3)28-26(20)32(33,29(22)44-28)15-16-34(23)2/h4-10,13,18,23,27,29,40H,11-12,14-17H2,1-3H3,(H,37,38)/t18-,23+,27-,29-,32-,33+/m0/s1. The van der Waals surface area contributed by atoms with Gasteiger partial charge in [-0.1, -0.05) is 36.4 Å². The molecular weight excluding hydrogens is 586 g/mol. The Morgan fingerprint density at radius 3 is 2.51 bits per heavy atom. The predicted molar refractivity (Wildman–Crippen MR) is 155 cm³/mol. The molecule has 0 aromatic heterocycles. The van der Waals surface area contributed by atoms with Crippen molar-refractivity contribution in [2.24, 2.45) is 0 Å². The van der Waals surface area contributed by atoms with Crippen LogP contribution >= 0.6 is 0 Å². The second-order valence-electron chi connectivity index (χ2n) is 12.0. The van der Waals surface area contributed by atoms with Gasteiger partial charge < -0.3 is 38.8 Å². The minimum atomic E-state index is -1.57. The van der Waals surface area contributed by atoms with E-state index in [2.05, 4.69) is 4.90 Å². The number of esters is 3. The van der Waals surface area contributed by atoms with Crippen LogP contribution in [0.2, 0.25) is 0 Å². The van der Waals surface area contributed by atoms with Crippen LogP contribution in [-0.4, -0.2) is 83.5 Å². The van der Waals surface area contributed by atoms with E-state index < -0.39 is 59.6 Å². The third-order valence-corrected chi connectivity index (χ3v) is 9.52. The first kappa shape index (κ1) is 30.6. The Labute approximate surface area is 259 Å². The van der Waals surface area contributed by atoms with Crippen molar-refractivity contribution in [2.75, 3.05) is 20.7 Å². The van der Waals surface area contributed by atoms with E-state index in [-0.39, 0.29) is 30.2 Å². The molecule has 12 nitrogen and oxygen atoms in total. The first-order chi connectivity index (χ1) is 21.5. The van der Waals surface area contributed by atoms with Crippen molar-refractivity contribution in [3.63, 3.8) is 0 Å². The lowest BCUT2D eigenvalue weighted by molar-refractivity contribution is -0.176. The van der Waals surface area contributed by atoms with Gasteiger partial charge in [0.15, 0.2) is 23.7 Å². The van der Waals surface area contributed by atoms with Gasteiger partial charge in [-0.15, -0.1) is 0 Å². The number of carbonyl (C=O) groups excluding carboxylic acids is 3. The molecule has 2 aromatic rings. The lowest BCUT2D eigenvalue weighted by Gasteiger charge is -2.61. The van der Waals surface area contributed by atoms with E-state index in [1.807, 2.05) is 19.2 Å². The highest BCUT2D eigenvalue weighted by molar-refractivity contribution is 5.84. The van der Waals surface area contributed by atoms with Crippen molar-refractivity contribution in [3.05, 3.63) is 71.0 Å². The molecule has 2 N–H and O–H groups in total. The van der Waals surface area contributed by atoms with Crippen LogP contribution in [0.3, 0.4) is 0 Å². The number of likely N-dealkylation sites (tertiary alicyclic amines) is 1. The number of carboxylic acid groups (broad SMARTS) is 1. The molecule has 0 saturated carbocycles. The molecule has 45 heavy (non-hydrogen) atoms.